The van der Waals surface area contributed by atoms with E-state index in [9.17, 15) is 8.42 Å². The SMILES string of the molecule is COCCCN1CC[C@@H]2CN(S(=O)(=O)c3ccc4c(c3)CCO4)C[C@@H]2CC1. The van der Waals surface area contributed by atoms with Crippen LogP contribution in [0.1, 0.15) is 24.8 Å². The molecule has 1 aromatic carbocycles. The molecule has 0 bridgehead atoms. The van der Waals surface area contributed by atoms with Crippen LogP contribution < -0.4 is 4.74 Å². The standard InChI is InChI=1S/C20H30N2O4S/c1-25-11-2-8-21-9-5-17-14-22(15-18(17)6-10-21)27(23,24)19-3-4-20-16(13-19)7-12-26-20/h3-4,13,17-18H,2,5-12,14-15H2,1H3/t17-,18+. The third kappa shape index (κ3) is 4.01. The highest BCUT2D eigenvalue weighted by atomic mass is 32.2. The fraction of sp³-hybridized carbons (Fsp3) is 0.700. The molecule has 0 N–H and O–H groups in total. The lowest BCUT2D eigenvalue weighted by molar-refractivity contribution is 0.172. The van der Waals surface area contributed by atoms with Crippen molar-refractivity contribution in [1.82, 2.24) is 9.21 Å². The lowest BCUT2D eigenvalue weighted by Crippen LogP contribution is -2.31. The van der Waals surface area contributed by atoms with E-state index in [1.165, 1.54) is 0 Å². The van der Waals surface area contributed by atoms with Crippen LogP contribution in [0.3, 0.4) is 0 Å². The Hall–Kier alpha value is -1.15. The predicted octanol–water partition coefficient (Wildman–Crippen LogP) is 1.99. The monoisotopic (exact) mass is 394 g/mol. The van der Waals surface area contributed by atoms with Crippen LogP contribution in [-0.2, 0) is 21.2 Å². The van der Waals surface area contributed by atoms with Gasteiger partial charge in [-0.2, -0.15) is 4.31 Å². The fourth-order valence-corrected chi connectivity index (χ4v) is 6.29. The quantitative estimate of drug-likeness (QED) is 0.691. The number of benzene rings is 1. The van der Waals surface area contributed by atoms with E-state index in [2.05, 4.69) is 4.90 Å². The Balaban J connectivity index is 1.40. The van der Waals surface area contributed by atoms with Crippen LogP contribution >= 0.6 is 0 Å². The zero-order valence-electron chi connectivity index (χ0n) is 16.1. The van der Waals surface area contributed by atoms with Crippen LogP contribution in [0.2, 0.25) is 0 Å². The van der Waals surface area contributed by atoms with E-state index in [0.717, 1.165) is 63.2 Å². The number of ether oxygens (including phenoxy) is 2. The van der Waals surface area contributed by atoms with Gasteiger partial charge >= 0.3 is 0 Å². The van der Waals surface area contributed by atoms with Crippen molar-refractivity contribution in [3.05, 3.63) is 23.8 Å². The number of rotatable bonds is 6. The maximum atomic E-state index is 13.2. The molecular formula is C20H30N2O4S. The van der Waals surface area contributed by atoms with Crippen LogP contribution in [0.5, 0.6) is 5.75 Å². The summed E-state index contributed by atoms with van der Waals surface area (Å²) in [5.74, 6) is 1.78. The number of nitrogens with zero attached hydrogens (tertiary/aromatic N) is 2. The molecule has 0 radical (unpaired) electrons. The topological polar surface area (TPSA) is 59.1 Å². The van der Waals surface area contributed by atoms with Crippen LogP contribution in [0.15, 0.2) is 23.1 Å². The molecule has 27 heavy (non-hydrogen) atoms. The molecule has 0 aliphatic carbocycles. The van der Waals surface area contributed by atoms with Gasteiger partial charge in [-0.1, -0.05) is 0 Å². The summed E-state index contributed by atoms with van der Waals surface area (Å²) < 4.78 is 38.7. The first kappa shape index (κ1) is 19.2. The summed E-state index contributed by atoms with van der Waals surface area (Å²) in [6.07, 6.45) is 4.03. The Bertz CT molecular complexity index is 751. The predicted molar refractivity (Wildman–Crippen MR) is 104 cm³/mol. The molecule has 4 rings (SSSR count). The first-order chi connectivity index (χ1) is 13.1. The average molecular weight is 395 g/mol. The number of hydrogen-bond donors (Lipinski definition) is 0. The molecule has 150 valence electrons. The largest absolute Gasteiger partial charge is 0.493 e. The van der Waals surface area contributed by atoms with Crippen molar-refractivity contribution in [1.29, 1.82) is 0 Å². The highest BCUT2D eigenvalue weighted by Gasteiger charge is 2.40. The number of sulfonamides is 1. The van der Waals surface area contributed by atoms with Gasteiger partial charge in [-0.05, 0) is 68.0 Å². The minimum atomic E-state index is -3.41. The number of fused-ring (bicyclic) bond motifs is 2. The summed E-state index contributed by atoms with van der Waals surface area (Å²) in [5.41, 5.74) is 1.01. The van der Waals surface area contributed by atoms with Gasteiger partial charge in [0.2, 0.25) is 10.0 Å². The molecular weight excluding hydrogens is 364 g/mol. The Morgan fingerprint density at radius 2 is 1.93 bits per heavy atom. The lowest BCUT2D eigenvalue weighted by Gasteiger charge is -2.21. The highest BCUT2D eigenvalue weighted by Crippen LogP contribution is 2.36. The summed E-state index contributed by atoms with van der Waals surface area (Å²) in [7, 11) is -1.67. The molecule has 0 amide bonds. The van der Waals surface area contributed by atoms with Crippen molar-refractivity contribution in [3.8, 4) is 5.75 Å². The molecule has 0 aromatic heterocycles. The smallest absolute Gasteiger partial charge is 0.243 e. The van der Waals surface area contributed by atoms with E-state index < -0.39 is 10.0 Å². The van der Waals surface area contributed by atoms with Crippen molar-refractivity contribution in [2.75, 3.05) is 53.0 Å². The van der Waals surface area contributed by atoms with Gasteiger partial charge in [-0.3, -0.25) is 0 Å². The van der Waals surface area contributed by atoms with Gasteiger partial charge in [0.25, 0.3) is 0 Å². The van der Waals surface area contributed by atoms with Gasteiger partial charge in [-0.25, -0.2) is 8.42 Å². The molecule has 2 atom stereocenters. The third-order valence-electron chi connectivity index (χ3n) is 6.30. The van der Waals surface area contributed by atoms with Crippen molar-refractivity contribution in [2.45, 2.75) is 30.6 Å². The van der Waals surface area contributed by atoms with Crippen LogP contribution in [0.25, 0.3) is 0 Å². The molecule has 0 spiro atoms. The summed E-state index contributed by atoms with van der Waals surface area (Å²) in [4.78, 5) is 2.93. The first-order valence-corrected chi connectivity index (χ1v) is 11.5. The lowest BCUT2D eigenvalue weighted by atomic mass is 9.92. The van der Waals surface area contributed by atoms with Crippen molar-refractivity contribution in [2.24, 2.45) is 11.8 Å². The molecule has 7 heteroatoms. The zero-order chi connectivity index (χ0) is 18.9. The molecule has 3 heterocycles. The highest BCUT2D eigenvalue weighted by molar-refractivity contribution is 7.89. The van der Waals surface area contributed by atoms with Crippen LogP contribution in [-0.4, -0.2) is 70.7 Å². The second-order valence-corrected chi connectivity index (χ2v) is 9.91. The maximum Gasteiger partial charge on any atom is 0.243 e. The average Bonchev–Trinajstić information content (AvgIpc) is 3.26. The molecule has 2 saturated heterocycles. The van der Waals surface area contributed by atoms with E-state index in [0.29, 0.717) is 36.4 Å². The van der Waals surface area contributed by atoms with Gasteiger partial charge in [0, 0.05) is 39.8 Å². The maximum absolute atomic E-state index is 13.2. The molecule has 2 fully saturated rings. The second kappa shape index (κ2) is 8.07. The minimum absolute atomic E-state index is 0.421. The van der Waals surface area contributed by atoms with Gasteiger partial charge in [0.15, 0.2) is 0 Å². The van der Waals surface area contributed by atoms with Gasteiger partial charge in [0.1, 0.15) is 5.75 Å². The van der Waals surface area contributed by atoms with Crippen LogP contribution in [0.4, 0.5) is 0 Å². The van der Waals surface area contributed by atoms with Crippen molar-refractivity contribution < 1.29 is 17.9 Å². The Kier molecular flexibility index (Phi) is 5.73. The van der Waals surface area contributed by atoms with E-state index in [-0.39, 0.29) is 0 Å². The molecule has 3 aliphatic heterocycles. The summed E-state index contributed by atoms with van der Waals surface area (Å²) >= 11 is 0. The zero-order valence-corrected chi connectivity index (χ0v) is 16.9. The van der Waals surface area contributed by atoms with E-state index >= 15 is 0 Å². The van der Waals surface area contributed by atoms with E-state index in [4.69, 9.17) is 9.47 Å². The number of hydrogen-bond acceptors (Lipinski definition) is 5. The first-order valence-electron chi connectivity index (χ1n) is 10.0. The van der Waals surface area contributed by atoms with Gasteiger partial charge in [0.05, 0.1) is 11.5 Å². The normalized spacial score (nSPS) is 26.4. The number of likely N-dealkylation sites (tertiary alicyclic amines) is 1. The summed E-state index contributed by atoms with van der Waals surface area (Å²) in [6.45, 7) is 5.98. The summed E-state index contributed by atoms with van der Waals surface area (Å²) in [5, 5.41) is 0. The van der Waals surface area contributed by atoms with Gasteiger partial charge in [-0.15, -0.1) is 0 Å². The molecule has 0 saturated carbocycles. The Morgan fingerprint density at radius 3 is 2.63 bits per heavy atom. The van der Waals surface area contributed by atoms with Gasteiger partial charge < -0.3 is 14.4 Å². The molecule has 1 aromatic rings. The van der Waals surface area contributed by atoms with E-state index in [1.54, 1.807) is 23.5 Å². The fourth-order valence-electron chi connectivity index (χ4n) is 4.68. The third-order valence-corrected chi connectivity index (χ3v) is 8.12. The molecule has 0 unspecified atom stereocenters. The van der Waals surface area contributed by atoms with Crippen molar-refractivity contribution >= 4 is 10.0 Å². The van der Waals surface area contributed by atoms with E-state index in [1.807, 2.05) is 6.07 Å². The van der Waals surface area contributed by atoms with Crippen molar-refractivity contribution in [3.63, 3.8) is 0 Å². The Morgan fingerprint density at radius 1 is 1.19 bits per heavy atom. The second-order valence-electron chi connectivity index (χ2n) is 7.98. The molecule has 6 nitrogen and oxygen atoms in total. The Labute approximate surface area is 162 Å². The number of methoxy groups -OCH3 is 1. The molecule has 3 aliphatic rings. The minimum Gasteiger partial charge on any atom is -0.493 e. The summed E-state index contributed by atoms with van der Waals surface area (Å²) in [6, 6.07) is 5.32. The van der Waals surface area contributed by atoms with Crippen LogP contribution in [0, 0.1) is 11.8 Å².